The number of nitrogens with zero attached hydrogens (tertiary/aromatic N) is 1. The van der Waals surface area contributed by atoms with Gasteiger partial charge in [-0.3, -0.25) is 0 Å². The van der Waals surface area contributed by atoms with Crippen molar-refractivity contribution in [2.75, 3.05) is 12.0 Å². The van der Waals surface area contributed by atoms with Crippen LogP contribution in [0.3, 0.4) is 0 Å². The standard InChI is InChI=1S/C57H51NO/c1-38-12-20-45(21-13-38)56(46-22-14-39(2)15-23-46)42(5)44-28-30-49(31-29-44)58(50-32-34-51(59-7)35-33-50)55-37-36-52(53-10-8-9-11-54(53)55)43(6)57(47-24-16-40(3)17-25-47)48-26-18-41(4)19-27-48/h8-37H,1-7H3. The van der Waals surface area contributed by atoms with Crippen molar-refractivity contribution in [1.29, 1.82) is 0 Å². The molecule has 0 aromatic heterocycles. The molecular weight excluding hydrogens is 715 g/mol. The van der Waals surface area contributed by atoms with Gasteiger partial charge < -0.3 is 9.64 Å². The van der Waals surface area contributed by atoms with E-state index < -0.39 is 0 Å². The summed E-state index contributed by atoms with van der Waals surface area (Å²) in [6, 6.07) is 66.4. The predicted molar refractivity (Wildman–Crippen MR) is 253 cm³/mol. The van der Waals surface area contributed by atoms with Crippen LogP contribution in [0.4, 0.5) is 17.1 Å². The zero-order valence-electron chi connectivity index (χ0n) is 35.2. The average Bonchev–Trinajstić information content (AvgIpc) is 3.27. The van der Waals surface area contributed by atoms with Gasteiger partial charge in [0.2, 0.25) is 0 Å². The summed E-state index contributed by atoms with van der Waals surface area (Å²) in [5.74, 6) is 0.824. The molecule has 0 amide bonds. The molecule has 0 N–H and O–H groups in total. The van der Waals surface area contributed by atoms with Crippen molar-refractivity contribution in [2.24, 2.45) is 0 Å². The molecule has 0 bridgehead atoms. The van der Waals surface area contributed by atoms with Crippen molar-refractivity contribution >= 4 is 50.1 Å². The van der Waals surface area contributed by atoms with Crippen LogP contribution in [-0.4, -0.2) is 7.11 Å². The van der Waals surface area contributed by atoms with Gasteiger partial charge in [0.25, 0.3) is 0 Å². The van der Waals surface area contributed by atoms with Gasteiger partial charge in [0.1, 0.15) is 5.75 Å². The highest BCUT2D eigenvalue weighted by atomic mass is 16.5. The van der Waals surface area contributed by atoms with Gasteiger partial charge in [-0.05, 0) is 145 Å². The molecule has 0 fully saturated rings. The Labute approximate surface area is 350 Å². The number of anilines is 3. The molecule has 290 valence electrons. The third-order valence-corrected chi connectivity index (χ3v) is 11.5. The zero-order valence-corrected chi connectivity index (χ0v) is 35.2. The quantitative estimate of drug-likeness (QED) is 0.129. The highest BCUT2D eigenvalue weighted by molar-refractivity contribution is 6.09. The van der Waals surface area contributed by atoms with Gasteiger partial charge in [0, 0.05) is 16.8 Å². The molecule has 59 heavy (non-hydrogen) atoms. The van der Waals surface area contributed by atoms with Gasteiger partial charge in [-0.2, -0.15) is 0 Å². The first-order chi connectivity index (χ1) is 28.7. The number of fused-ring (bicyclic) bond motifs is 1. The Kier molecular flexibility index (Phi) is 11.2. The molecular formula is C57H51NO. The van der Waals surface area contributed by atoms with Gasteiger partial charge >= 0.3 is 0 Å². The number of aryl methyl sites for hydroxylation is 4. The first-order valence-electron chi connectivity index (χ1n) is 20.4. The molecule has 0 atom stereocenters. The van der Waals surface area contributed by atoms with E-state index in [0.29, 0.717) is 0 Å². The van der Waals surface area contributed by atoms with Crippen LogP contribution in [0.25, 0.3) is 33.1 Å². The number of methoxy groups -OCH3 is 1. The van der Waals surface area contributed by atoms with Gasteiger partial charge in [-0.15, -0.1) is 0 Å². The number of rotatable bonds is 10. The summed E-state index contributed by atoms with van der Waals surface area (Å²) < 4.78 is 5.60. The van der Waals surface area contributed by atoms with Crippen LogP contribution in [0.1, 0.15) is 69.5 Å². The SMILES string of the molecule is COc1ccc(N(c2ccc(C(C)=C(c3ccc(C)cc3)c3ccc(C)cc3)cc2)c2ccc(C(C)=C(c3ccc(C)cc3)c3ccc(C)cc3)c3ccccc23)cc1. The second-order valence-corrected chi connectivity index (χ2v) is 15.7. The molecule has 0 heterocycles. The van der Waals surface area contributed by atoms with E-state index in [0.717, 1.165) is 22.8 Å². The molecule has 0 saturated carbocycles. The average molecular weight is 766 g/mol. The molecule has 0 aliphatic carbocycles. The molecule has 8 aromatic rings. The summed E-state index contributed by atoms with van der Waals surface area (Å²) in [5, 5.41) is 2.38. The van der Waals surface area contributed by atoms with E-state index in [2.05, 4.69) is 216 Å². The van der Waals surface area contributed by atoms with Gasteiger partial charge in [-0.25, -0.2) is 0 Å². The summed E-state index contributed by atoms with van der Waals surface area (Å²) in [7, 11) is 1.71. The largest absolute Gasteiger partial charge is 0.497 e. The maximum absolute atomic E-state index is 5.60. The lowest BCUT2D eigenvalue weighted by Crippen LogP contribution is -2.11. The minimum Gasteiger partial charge on any atom is -0.497 e. The Morgan fingerprint density at radius 3 is 1.17 bits per heavy atom. The van der Waals surface area contributed by atoms with E-state index in [1.807, 2.05) is 12.1 Å². The van der Waals surface area contributed by atoms with Crippen LogP contribution < -0.4 is 9.64 Å². The number of hydrogen-bond acceptors (Lipinski definition) is 2. The zero-order chi connectivity index (χ0) is 41.0. The maximum atomic E-state index is 5.60. The summed E-state index contributed by atoms with van der Waals surface area (Å²) >= 11 is 0. The number of benzene rings is 8. The van der Waals surface area contributed by atoms with Crippen molar-refractivity contribution < 1.29 is 4.74 Å². The van der Waals surface area contributed by atoms with Crippen molar-refractivity contribution in [1.82, 2.24) is 0 Å². The van der Waals surface area contributed by atoms with Crippen molar-refractivity contribution in [3.8, 4) is 5.75 Å². The van der Waals surface area contributed by atoms with Crippen LogP contribution in [0.15, 0.2) is 182 Å². The van der Waals surface area contributed by atoms with Crippen LogP contribution in [0.5, 0.6) is 5.75 Å². The Balaban J connectivity index is 1.28. The topological polar surface area (TPSA) is 12.5 Å². The summed E-state index contributed by atoms with van der Waals surface area (Å²) in [4.78, 5) is 2.37. The van der Waals surface area contributed by atoms with Crippen molar-refractivity contribution in [3.05, 3.63) is 238 Å². The van der Waals surface area contributed by atoms with E-state index >= 15 is 0 Å². The molecule has 0 aliphatic heterocycles. The van der Waals surface area contributed by atoms with E-state index in [9.17, 15) is 0 Å². The number of hydrogen-bond donors (Lipinski definition) is 0. The predicted octanol–water partition coefficient (Wildman–Crippen LogP) is 15.5. The lowest BCUT2D eigenvalue weighted by Gasteiger charge is -2.28. The van der Waals surface area contributed by atoms with Crippen molar-refractivity contribution in [3.63, 3.8) is 0 Å². The van der Waals surface area contributed by atoms with E-state index in [1.54, 1.807) is 7.11 Å². The van der Waals surface area contributed by atoms with Gasteiger partial charge in [0.05, 0.1) is 12.8 Å². The second-order valence-electron chi connectivity index (χ2n) is 15.7. The number of allylic oxidation sites excluding steroid dienone is 2. The Hall–Kier alpha value is -6.90. The van der Waals surface area contributed by atoms with Gasteiger partial charge in [-0.1, -0.05) is 162 Å². The molecule has 0 radical (unpaired) electrons. The highest BCUT2D eigenvalue weighted by Crippen LogP contribution is 2.44. The van der Waals surface area contributed by atoms with Gasteiger partial charge in [0.15, 0.2) is 0 Å². The molecule has 8 aromatic carbocycles. The van der Waals surface area contributed by atoms with E-state index in [1.165, 1.54) is 88.7 Å². The Morgan fingerprint density at radius 1 is 0.373 bits per heavy atom. The van der Waals surface area contributed by atoms with Crippen LogP contribution in [0.2, 0.25) is 0 Å². The Bertz CT molecular complexity index is 2690. The maximum Gasteiger partial charge on any atom is 0.119 e. The molecule has 0 aliphatic rings. The molecule has 0 unspecified atom stereocenters. The fourth-order valence-corrected chi connectivity index (χ4v) is 8.18. The fourth-order valence-electron chi connectivity index (χ4n) is 8.18. The summed E-state index contributed by atoms with van der Waals surface area (Å²) in [5.41, 5.74) is 20.4. The second kappa shape index (κ2) is 16.9. The lowest BCUT2D eigenvalue weighted by atomic mass is 9.87. The molecule has 2 heteroatoms. The molecule has 8 rings (SSSR count). The van der Waals surface area contributed by atoms with Crippen LogP contribution in [-0.2, 0) is 0 Å². The molecule has 0 saturated heterocycles. The first-order valence-corrected chi connectivity index (χ1v) is 20.4. The Morgan fingerprint density at radius 2 is 0.746 bits per heavy atom. The van der Waals surface area contributed by atoms with Crippen LogP contribution >= 0.6 is 0 Å². The monoisotopic (exact) mass is 765 g/mol. The molecule has 0 spiro atoms. The molecule has 2 nitrogen and oxygen atoms in total. The van der Waals surface area contributed by atoms with E-state index in [-0.39, 0.29) is 0 Å². The minimum absolute atomic E-state index is 0.824. The van der Waals surface area contributed by atoms with Crippen LogP contribution in [0, 0.1) is 27.7 Å². The fraction of sp³-hybridized carbons (Fsp3) is 0.123. The summed E-state index contributed by atoms with van der Waals surface area (Å²) in [6.45, 7) is 13.1. The smallest absolute Gasteiger partial charge is 0.119 e. The first kappa shape index (κ1) is 38.9. The third-order valence-electron chi connectivity index (χ3n) is 11.5. The minimum atomic E-state index is 0.824. The van der Waals surface area contributed by atoms with E-state index in [4.69, 9.17) is 4.74 Å². The summed E-state index contributed by atoms with van der Waals surface area (Å²) in [6.07, 6.45) is 0. The number of ether oxygens (including phenoxy) is 1. The highest BCUT2D eigenvalue weighted by Gasteiger charge is 2.20. The lowest BCUT2D eigenvalue weighted by molar-refractivity contribution is 0.415. The normalized spacial score (nSPS) is 11.0. The third kappa shape index (κ3) is 8.13. The van der Waals surface area contributed by atoms with Crippen molar-refractivity contribution in [2.45, 2.75) is 41.5 Å².